The molecule has 144 valence electrons. The van der Waals surface area contributed by atoms with E-state index >= 15 is 0 Å². The number of hydrogen-bond donors (Lipinski definition) is 0. The molecule has 27 heavy (non-hydrogen) atoms. The average molecular weight is 405 g/mol. The molecule has 0 saturated heterocycles. The summed E-state index contributed by atoms with van der Waals surface area (Å²) < 4.78 is 48.3. The third kappa shape index (κ3) is 4.92. The second-order valence-corrected chi connectivity index (χ2v) is 5.71. The van der Waals surface area contributed by atoms with Gasteiger partial charge in [-0.15, -0.1) is 0 Å². The molecule has 0 aromatic heterocycles. The SMILES string of the molecule is COCC(N=O)c1cc(Oc2ccc(C(F)(F)F)cc2Cl)ccc1[N+](=O)[O-]. The summed E-state index contributed by atoms with van der Waals surface area (Å²) in [6.07, 6.45) is -4.56. The van der Waals surface area contributed by atoms with Gasteiger partial charge in [0, 0.05) is 13.2 Å². The zero-order chi connectivity index (χ0) is 20.2. The first-order valence-electron chi connectivity index (χ1n) is 7.31. The summed E-state index contributed by atoms with van der Waals surface area (Å²) in [5.41, 5.74) is -1.38. The van der Waals surface area contributed by atoms with E-state index in [1.807, 2.05) is 0 Å². The van der Waals surface area contributed by atoms with Crippen molar-refractivity contribution in [2.75, 3.05) is 13.7 Å². The predicted molar refractivity (Wildman–Crippen MR) is 90.0 cm³/mol. The van der Waals surface area contributed by atoms with Crippen LogP contribution in [0.3, 0.4) is 0 Å². The smallest absolute Gasteiger partial charge is 0.416 e. The van der Waals surface area contributed by atoms with Gasteiger partial charge in [0.2, 0.25) is 0 Å². The van der Waals surface area contributed by atoms with Crippen LogP contribution in [0.1, 0.15) is 17.2 Å². The van der Waals surface area contributed by atoms with Crippen LogP contribution in [-0.4, -0.2) is 18.6 Å². The van der Waals surface area contributed by atoms with E-state index in [0.29, 0.717) is 6.07 Å². The summed E-state index contributed by atoms with van der Waals surface area (Å²) in [6, 6.07) is 4.86. The predicted octanol–water partition coefficient (Wildman–Crippen LogP) is 5.51. The van der Waals surface area contributed by atoms with E-state index < -0.39 is 22.7 Å². The van der Waals surface area contributed by atoms with Gasteiger partial charge in [-0.25, -0.2) is 0 Å². The Morgan fingerprint density at radius 3 is 2.48 bits per heavy atom. The molecule has 1 unspecified atom stereocenters. The first-order valence-corrected chi connectivity index (χ1v) is 7.69. The van der Waals surface area contributed by atoms with E-state index in [4.69, 9.17) is 21.1 Å². The maximum atomic E-state index is 12.7. The molecule has 0 fully saturated rings. The average Bonchev–Trinajstić information content (AvgIpc) is 2.60. The van der Waals surface area contributed by atoms with Crippen molar-refractivity contribution in [3.8, 4) is 11.5 Å². The number of benzene rings is 2. The van der Waals surface area contributed by atoms with Crippen molar-refractivity contribution in [1.82, 2.24) is 0 Å². The normalized spacial score (nSPS) is 12.5. The summed E-state index contributed by atoms with van der Waals surface area (Å²) in [4.78, 5) is 21.5. The Labute approximate surface area is 155 Å². The van der Waals surface area contributed by atoms with Crippen molar-refractivity contribution >= 4 is 17.3 Å². The number of nitro groups is 1. The molecule has 0 aliphatic rings. The van der Waals surface area contributed by atoms with Crippen LogP contribution >= 0.6 is 11.6 Å². The van der Waals surface area contributed by atoms with Crippen molar-refractivity contribution in [1.29, 1.82) is 0 Å². The minimum Gasteiger partial charge on any atom is -0.456 e. The fraction of sp³-hybridized carbons (Fsp3) is 0.250. The Kier molecular flexibility index (Phi) is 6.34. The largest absolute Gasteiger partial charge is 0.456 e. The minimum atomic E-state index is -4.56. The van der Waals surface area contributed by atoms with Crippen LogP contribution in [0.2, 0.25) is 5.02 Å². The van der Waals surface area contributed by atoms with Gasteiger partial charge in [-0.3, -0.25) is 10.1 Å². The van der Waals surface area contributed by atoms with E-state index in [9.17, 15) is 28.2 Å². The summed E-state index contributed by atoms with van der Waals surface area (Å²) in [7, 11) is 1.30. The molecule has 0 N–H and O–H groups in total. The van der Waals surface area contributed by atoms with Crippen molar-refractivity contribution in [3.63, 3.8) is 0 Å². The molecular formula is C16H12ClF3N2O5. The van der Waals surface area contributed by atoms with Crippen LogP contribution in [0.4, 0.5) is 18.9 Å². The second-order valence-electron chi connectivity index (χ2n) is 5.30. The summed E-state index contributed by atoms with van der Waals surface area (Å²) in [6.45, 7) is -0.200. The van der Waals surface area contributed by atoms with E-state index in [-0.39, 0.29) is 34.4 Å². The molecule has 0 saturated carbocycles. The highest BCUT2D eigenvalue weighted by molar-refractivity contribution is 6.32. The van der Waals surface area contributed by atoms with Gasteiger partial charge in [0.15, 0.2) is 0 Å². The molecule has 2 aromatic rings. The number of ether oxygens (including phenoxy) is 2. The standard InChI is InChI=1S/C16H12ClF3N2O5/c1-26-8-13(21-23)11-7-10(3-4-14(11)22(24)25)27-15-5-2-9(6-12(15)17)16(18,19)20/h2-7,13H,8H2,1H3. The van der Waals surface area contributed by atoms with E-state index in [0.717, 1.165) is 18.2 Å². The van der Waals surface area contributed by atoms with Crippen LogP contribution < -0.4 is 4.74 Å². The zero-order valence-electron chi connectivity index (χ0n) is 13.7. The topological polar surface area (TPSA) is 91.0 Å². The minimum absolute atomic E-state index is 0.0296. The quantitative estimate of drug-likeness (QED) is 0.344. The lowest BCUT2D eigenvalue weighted by molar-refractivity contribution is -0.385. The van der Waals surface area contributed by atoms with Gasteiger partial charge in [0.1, 0.15) is 17.5 Å². The molecule has 0 spiro atoms. The lowest BCUT2D eigenvalue weighted by Gasteiger charge is -2.13. The maximum absolute atomic E-state index is 12.7. The number of nitroso groups, excluding NO2 is 1. The van der Waals surface area contributed by atoms with Gasteiger partial charge in [-0.1, -0.05) is 16.8 Å². The van der Waals surface area contributed by atoms with Crippen LogP contribution in [0.25, 0.3) is 0 Å². The van der Waals surface area contributed by atoms with Crippen molar-refractivity contribution < 1.29 is 27.6 Å². The number of nitro benzene ring substituents is 1. The second kappa shape index (κ2) is 8.31. The molecule has 11 heteroatoms. The molecule has 0 aliphatic carbocycles. The first-order chi connectivity index (χ1) is 12.7. The van der Waals surface area contributed by atoms with Gasteiger partial charge < -0.3 is 9.47 Å². The fourth-order valence-electron chi connectivity index (χ4n) is 2.25. The molecule has 0 radical (unpaired) electrons. The summed E-state index contributed by atoms with van der Waals surface area (Å²) in [5, 5.41) is 13.7. The molecule has 2 aromatic carbocycles. The van der Waals surface area contributed by atoms with Crippen LogP contribution in [0.5, 0.6) is 11.5 Å². The highest BCUT2D eigenvalue weighted by Crippen LogP contribution is 2.38. The van der Waals surface area contributed by atoms with Crippen LogP contribution in [0.15, 0.2) is 41.6 Å². The van der Waals surface area contributed by atoms with E-state index in [1.165, 1.54) is 19.2 Å². The Morgan fingerprint density at radius 1 is 1.26 bits per heavy atom. The first kappa shape index (κ1) is 20.6. The number of nitrogens with zero attached hydrogens (tertiary/aromatic N) is 2. The lowest BCUT2D eigenvalue weighted by atomic mass is 10.1. The summed E-state index contributed by atoms with van der Waals surface area (Å²) in [5.74, 6) is -0.0613. The highest BCUT2D eigenvalue weighted by atomic mass is 35.5. The van der Waals surface area contributed by atoms with Gasteiger partial charge >= 0.3 is 6.18 Å². The number of methoxy groups -OCH3 is 1. The highest BCUT2D eigenvalue weighted by Gasteiger charge is 2.31. The Bertz CT molecular complexity index is 860. The van der Waals surface area contributed by atoms with E-state index in [1.54, 1.807) is 0 Å². The molecular weight excluding hydrogens is 393 g/mol. The van der Waals surface area contributed by atoms with Gasteiger partial charge in [-0.2, -0.15) is 18.1 Å². The number of alkyl halides is 3. The molecule has 2 rings (SSSR count). The molecule has 7 nitrogen and oxygen atoms in total. The Morgan fingerprint density at radius 2 is 1.96 bits per heavy atom. The van der Waals surface area contributed by atoms with Crippen molar-refractivity contribution in [2.45, 2.75) is 12.2 Å². The maximum Gasteiger partial charge on any atom is 0.416 e. The Balaban J connectivity index is 2.40. The lowest BCUT2D eigenvalue weighted by Crippen LogP contribution is -2.07. The van der Waals surface area contributed by atoms with Crippen molar-refractivity contribution in [3.05, 3.63) is 67.6 Å². The number of rotatable bonds is 7. The van der Waals surface area contributed by atoms with Gasteiger partial charge in [-0.05, 0) is 30.3 Å². The van der Waals surface area contributed by atoms with Crippen LogP contribution in [-0.2, 0) is 10.9 Å². The third-order valence-corrected chi connectivity index (χ3v) is 3.79. The molecule has 0 heterocycles. The Hall–Kier alpha value is -2.72. The molecule has 1 atom stereocenters. The molecule has 0 amide bonds. The fourth-order valence-corrected chi connectivity index (χ4v) is 2.47. The number of hydrogen-bond acceptors (Lipinski definition) is 6. The molecule has 0 aliphatic heterocycles. The summed E-state index contributed by atoms with van der Waals surface area (Å²) >= 11 is 5.82. The van der Waals surface area contributed by atoms with Gasteiger partial charge in [0.25, 0.3) is 5.69 Å². The third-order valence-electron chi connectivity index (χ3n) is 3.49. The monoisotopic (exact) mass is 404 g/mol. The van der Waals surface area contributed by atoms with E-state index in [2.05, 4.69) is 5.18 Å². The zero-order valence-corrected chi connectivity index (χ0v) is 14.5. The number of halogens is 4. The van der Waals surface area contributed by atoms with Crippen molar-refractivity contribution in [2.24, 2.45) is 5.18 Å². The van der Waals surface area contributed by atoms with Crippen LogP contribution in [0, 0.1) is 15.0 Å². The van der Waals surface area contributed by atoms with Gasteiger partial charge in [0.05, 0.1) is 27.7 Å². The molecule has 0 bridgehead atoms.